The van der Waals surface area contributed by atoms with Crippen molar-refractivity contribution in [2.75, 3.05) is 26.4 Å². The molecule has 5 heteroatoms. The summed E-state index contributed by atoms with van der Waals surface area (Å²) in [5.41, 5.74) is 5.27. The number of ether oxygens (including phenoxy) is 2. The van der Waals surface area contributed by atoms with Crippen molar-refractivity contribution in [3.63, 3.8) is 0 Å². The van der Waals surface area contributed by atoms with Crippen LogP contribution in [0.3, 0.4) is 0 Å². The van der Waals surface area contributed by atoms with Crippen molar-refractivity contribution in [1.29, 1.82) is 0 Å². The van der Waals surface area contributed by atoms with Gasteiger partial charge in [-0.15, -0.1) is 0 Å². The minimum absolute atomic E-state index is 0.00708. The van der Waals surface area contributed by atoms with Crippen LogP contribution >= 0.6 is 0 Å². The number of amides is 1. The number of carbonyl (C=O) groups is 1. The molecule has 2 aliphatic rings. The molecule has 92 valence electrons. The third-order valence-electron chi connectivity index (χ3n) is 3.35. The predicted octanol–water partition coefficient (Wildman–Crippen LogP) is -0.260. The molecule has 3 unspecified atom stereocenters. The Balaban J connectivity index is 2.07. The van der Waals surface area contributed by atoms with Gasteiger partial charge in [-0.25, -0.2) is 0 Å². The number of hydrogen-bond acceptors (Lipinski definition) is 4. The minimum atomic E-state index is -0.814. The highest BCUT2D eigenvalue weighted by molar-refractivity contribution is 5.87. The van der Waals surface area contributed by atoms with Gasteiger partial charge in [-0.1, -0.05) is 0 Å². The van der Waals surface area contributed by atoms with Crippen molar-refractivity contribution in [2.24, 2.45) is 5.73 Å². The molecule has 0 aromatic heterocycles. The molecule has 2 aliphatic heterocycles. The van der Waals surface area contributed by atoms with E-state index in [-0.39, 0.29) is 18.1 Å². The van der Waals surface area contributed by atoms with Gasteiger partial charge in [0.05, 0.1) is 25.4 Å². The van der Waals surface area contributed by atoms with E-state index >= 15 is 0 Å². The van der Waals surface area contributed by atoms with Crippen LogP contribution in [0.2, 0.25) is 0 Å². The van der Waals surface area contributed by atoms with E-state index in [0.717, 1.165) is 0 Å². The molecule has 0 spiro atoms. The maximum absolute atomic E-state index is 12.3. The molecule has 0 saturated carbocycles. The molecule has 5 nitrogen and oxygen atoms in total. The second-order valence-electron chi connectivity index (χ2n) is 4.91. The molecular weight excluding hydrogens is 208 g/mol. The fourth-order valence-corrected chi connectivity index (χ4v) is 2.22. The highest BCUT2D eigenvalue weighted by Gasteiger charge is 2.43. The highest BCUT2D eigenvalue weighted by atomic mass is 16.5. The Bertz CT molecular complexity index is 276. The number of nitrogens with two attached hydrogens (primary N) is 1. The summed E-state index contributed by atoms with van der Waals surface area (Å²) < 4.78 is 10.7. The Morgan fingerprint density at radius 1 is 1.50 bits per heavy atom. The summed E-state index contributed by atoms with van der Waals surface area (Å²) in [7, 11) is 0. The third kappa shape index (κ3) is 2.07. The fraction of sp³-hybridized carbons (Fsp3) is 0.909. The van der Waals surface area contributed by atoms with Crippen molar-refractivity contribution >= 4 is 5.91 Å². The van der Waals surface area contributed by atoms with Gasteiger partial charge in [0.15, 0.2) is 0 Å². The van der Waals surface area contributed by atoms with E-state index in [2.05, 4.69) is 0 Å². The van der Waals surface area contributed by atoms with Gasteiger partial charge in [0.25, 0.3) is 0 Å². The number of carbonyl (C=O) groups excluding carboxylic acids is 1. The van der Waals surface area contributed by atoms with Crippen LogP contribution in [0.5, 0.6) is 0 Å². The Kier molecular flexibility index (Phi) is 3.19. The van der Waals surface area contributed by atoms with Gasteiger partial charge in [-0.2, -0.15) is 0 Å². The molecule has 2 N–H and O–H groups in total. The third-order valence-corrected chi connectivity index (χ3v) is 3.35. The summed E-state index contributed by atoms with van der Waals surface area (Å²) in [5.74, 6) is 0.00708. The zero-order valence-corrected chi connectivity index (χ0v) is 9.94. The molecular formula is C11H20N2O3. The predicted molar refractivity (Wildman–Crippen MR) is 58.9 cm³/mol. The van der Waals surface area contributed by atoms with Gasteiger partial charge in [-0.05, 0) is 20.3 Å². The van der Waals surface area contributed by atoms with E-state index in [1.807, 2.05) is 18.7 Å². The average Bonchev–Trinajstić information content (AvgIpc) is 2.69. The van der Waals surface area contributed by atoms with Crippen LogP contribution in [0.25, 0.3) is 0 Å². The van der Waals surface area contributed by atoms with E-state index in [4.69, 9.17) is 15.2 Å². The first-order valence-electron chi connectivity index (χ1n) is 5.82. The lowest BCUT2D eigenvalue weighted by Crippen LogP contribution is -2.61. The lowest BCUT2D eigenvalue weighted by molar-refractivity contribution is -0.149. The van der Waals surface area contributed by atoms with Crippen molar-refractivity contribution < 1.29 is 14.3 Å². The zero-order chi connectivity index (χ0) is 11.8. The molecule has 2 fully saturated rings. The van der Waals surface area contributed by atoms with Gasteiger partial charge >= 0.3 is 0 Å². The molecule has 0 radical (unpaired) electrons. The van der Waals surface area contributed by atoms with Crippen molar-refractivity contribution in [1.82, 2.24) is 4.90 Å². The number of morpholine rings is 1. The standard InChI is InChI=1S/C11H20N2O3/c1-8-6-16-9(2)5-13(8)10(14)11(12)3-4-15-7-11/h8-9H,3-7,12H2,1-2H3. The van der Waals surface area contributed by atoms with Gasteiger partial charge < -0.3 is 20.1 Å². The second kappa shape index (κ2) is 4.31. The quantitative estimate of drug-likeness (QED) is 0.671. The topological polar surface area (TPSA) is 64.8 Å². The summed E-state index contributed by atoms with van der Waals surface area (Å²) in [5, 5.41) is 0. The minimum Gasteiger partial charge on any atom is -0.379 e. The van der Waals surface area contributed by atoms with Gasteiger partial charge in [0.2, 0.25) is 5.91 Å². The number of hydrogen-bond donors (Lipinski definition) is 1. The monoisotopic (exact) mass is 228 g/mol. The Morgan fingerprint density at radius 3 is 2.88 bits per heavy atom. The van der Waals surface area contributed by atoms with Crippen LogP contribution in [0.15, 0.2) is 0 Å². The second-order valence-corrected chi connectivity index (χ2v) is 4.91. The molecule has 16 heavy (non-hydrogen) atoms. The molecule has 0 aromatic rings. The van der Waals surface area contributed by atoms with E-state index < -0.39 is 5.54 Å². The molecule has 0 bridgehead atoms. The van der Waals surface area contributed by atoms with Crippen LogP contribution < -0.4 is 5.73 Å². The number of nitrogens with zero attached hydrogens (tertiary/aromatic N) is 1. The smallest absolute Gasteiger partial charge is 0.245 e. The normalized spacial score (nSPS) is 40.1. The van der Waals surface area contributed by atoms with Crippen LogP contribution in [0, 0.1) is 0 Å². The summed E-state index contributed by atoms with van der Waals surface area (Å²) >= 11 is 0. The van der Waals surface area contributed by atoms with E-state index in [0.29, 0.717) is 32.8 Å². The van der Waals surface area contributed by atoms with Gasteiger partial charge in [0.1, 0.15) is 5.54 Å². The lowest BCUT2D eigenvalue weighted by atomic mass is 9.97. The SMILES string of the molecule is CC1CN(C(=O)C2(N)CCOC2)C(C)CO1. The molecule has 0 aromatic carbocycles. The molecule has 1 amide bonds. The first-order chi connectivity index (χ1) is 7.53. The van der Waals surface area contributed by atoms with Crippen LogP contribution in [0.4, 0.5) is 0 Å². The van der Waals surface area contributed by atoms with Crippen LogP contribution in [-0.2, 0) is 14.3 Å². The van der Waals surface area contributed by atoms with Crippen molar-refractivity contribution in [3.05, 3.63) is 0 Å². The highest BCUT2D eigenvalue weighted by Crippen LogP contribution is 2.22. The molecule has 2 rings (SSSR count). The Labute approximate surface area is 95.9 Å². The number of rotatable bonds is 1. The largest absolute Gasteiger partial charge is 0.379 e. The first-order valence-corrected chi connectivity index (χ1v) is 5.82. The van der Waals surface area contributed by atoms with E-state index in [1.165, 1.54) is 0 Å². The van der Waals surface area contributed by atoms with Crippen molar-refractivity contribution in [3.8, 4) is 0 Å². The van der Waals surface area contributed by atoms with E-state index in [1.54, 1.807) is 0 Å². The van der Waals surface area contributed by atoms with Gasteiger partial charge in [-0.3, -0.25) is 4.79 Å². The summed E-state index contributed by atoms with van der Waals surface area (Å²) in [6.07, 6.45) is 0.704. The zero-order valence-electron chi connectivity index (χ0n) is 9.94. The maximum atomic E-state index is 12.3. The van der Waals surface area contributed by atoms with Crippen LogP contribution in [0.1, 0.15) is 20.3 Å². The van der Waals surface area contributed by atoms with Gasteiger partial charge in [0, 0.05) is 13.2 Å². The molecule has 0 aliphatic carbocycles. The average molecular weight is 228 g/mol. The van der Waals surface area contributed by atoms with E-state index in [9.17, 15) is 4.79 Å². The summed E-state index contributed by atoms with van der Waals surface area (Å²) in [6, 6.07) is 0.102. The Morgan fingerprint density at radius 2 is 2.25 bits per heavy atom. The van der Waals surface area contributed by atoms with Crippen LogP contribution in [-0.4, -0.2) is 54.9 Å². The summed E-state index contributed by atoms with van der Waals surface area (Å²) in [4.78, 5) is 14.2. The molecule has 2 heterocycles. The molecule has 3 atom stereocenters. The lowest BCUT2D eigenvalue weighted by Gasteiger charge is -2.40. The van der Waals surface area contributed by atoms with Crippen molar-refractivity contribution in [2.45, 2.75) is 38.0 Å². The first kappa shape index (κ1) is 11.8. The fourth-order valence-electron chi connectivity index (χ4n) is 2.22. The Hall–Kier alpha value is -0.650. The summed E-state index contributed by atoms with van der Waals surface area (Å²) in [6.45, 7) is 6.09. The molecule has 2 saturated heterocycles. The maximum Gasteiger partial charge on any atom is 0.245 e.